The smallest absolute Gasteiger partial charge is 0.472 e. The van der Waals surface area contributed by atoms with E-state index in [1.54, 1.807) is 0 Å². The van der Waals surface area contributed by atoms with Gasteiger partial charge >= 0.3 is 25.7 Å². The van der Waals surface area contributed by atoms with E-state index in [4.69, 9.17) is 24.8 Å². The number of rotatable bonds is 36. The Kier molecular flexibility index (Phi) is 33.2. The third-order valence-electron chi connectivity index (χ3n) is 8.15. The number of hydrogen-bond donors (Lipinski definition) is 3. The van der Waals surface area contributed by atoms with E-state index in [2.05, 4.69) is 54.8 Å². The summed E-state index contributed by atoms with van der Waals surface area (Å²) < 4.78 is 32.5. The van der Waals surface area contributed by atoms with Gasteiger partial charge in [0.25, 0.3) is 0 Å². The third kappa shape index (κ3) is 34.5. The Balaban J connectivity index is 4.46. The van der Waals surface area contributed by atoms with Crippen LogP contribution in [0.2, 0.25) is 0 Å². The van der Waals surface area contributed by atoms with Gasteiger partial charge in [-0.15, -0.1) is 0 Å². The number of nitrogens with two attached hydrogens (primary N) is 1. The summed E-state index contributed by atoms with van der Waals surface area (Å²) in [5.41, 5.74) is 5.31. The molecule has 0 spiro atoms. The average Bonchev–Trinajstić information content (AvgIpc) is 3.10. The Morgan fingerprint density at radius 1 is 0.627 bits per heavy atom. The fourth-order valence-corrected chi connectivity index (χ4v) is 5.86. The van der Waals surface area contributed by atoms with Crippen LogP contribution < -0.4 is 5.73 Å². The van der Waals surface area contributed by atoms with Gasteiger partial charge in [-0.3, -0.25) is 23.4 Å². The Hall–Kier alpha value is -2.30. The predicted molar refractivity (Wildman–Crippen MR) is 203 cm³/mol. The monoisotopic (exact) mass is 743 g/mol. The summed E-state index contributed by atoms with van der Waals surface area (Å²) in [5, 5.41) is 8.86. The number of phosphoric acid groups is 1. The molecule has 0 aromatic carbocycles. The minimum Gasteiger partial charge on any atom is -0.480 e. The van der Waals surface area contributed by atoms with Crippen molar-refractivity contribution in [2.45, 2.75) is 174 Å². The molecule has 0 aliphatic carbocycles. The highest BCUT2D eigenvalue weighted by atomic mass is 31.2. The molecule has 0 fully saturated rings. The molecule has 0 bridgehead atoms. The van der Waals surface area contributed by atoms with Crippen LogP contribution in [0.4, 0.5) is 0 Å². The third-order valence-corrected chi connectivity index (χ3v) is 9.10. The van der Waals surface area contributed by atoms with Crippen molar-refractivity contribution in [1.82, 2.24) is 0 Å². The number of carbonyl (C=O) groups is 3. The molecule has 0 amide bonds. The van der Waals surface area contributed by atoms with E-state index in [1.165, 1.54) is 64.2 Å². The van der Waals surface area contributed by atoms with Crippen molar-refractivity contribution in [3.05, 3.63) is 36.5 Å². The van der Waals surface area contributed by atoms with Gasteiger partial charge in [-0.2, -0.15) is 0 Å². The number of ether oxygens (including phenoxy) is 2. The molecule has 0 radical (unpaired) electrons. The van der Waals surface area contributed by atoms with Gasteiger partial charge in [0.15, 0.2) is 6.10 Å². The molecule has 3 atom stereocenters. The number of phosphoric ester groups is 1. The number of carboxylic acid groups (broad SMARTS) is 1. The van der Waals surface area contributed by atoms with Crippen LogP contribution in [0.5, 0.6) is 0 Å². The van der Waals surface area contributed by atoms with E-state index in [-0.39, 0.29) is 19.4 Å². The lowest BCUT2D eigenvalue weighted by Gasteiger charge is -2.20. The number of allylic oxidation sites excluding steroid dienone is 6. The first kappa shape index (κ1) is 48.7. The molecule has 3 unspecified atom stereocenters. The van der Waals surface area contributed by atoms with Gasteiger partial charge in [0.1, 0.15) is 12.6 Å². The molecule has 51 heavy (non-hydrogen) atoms. The van der Waals surface area contributed by atoms with Crippen LogP contribution >= 0.6 is 7.82 Å². The molecular weight excluding hydrogens is 673 g/mol. The summed E-state index contributed by atoms with van der Waals surface area (Å²) >= 11 is 0. The van der Waals surface area contributed by atoms with Gasteiger partial charge in [0.05, 0.1) is 13.2 Å². The average molecular weight is 744 g/mol. The zero-order chi connectivity index (χ0) is 37.8. The second-order valence-corrected chi connectivity index (χ2v) is 14.5. The number of hydrogen-bond acceptors (Lipinski definition) is 9. The number of unbranched alkanes of at least 4 members (excludes halogenated alkanes) is 16. The van der Waals surface area contributed by atoms with Crippen molar-refractivity contribution in [2.75, 3.05) is 19.8 Å². The lowest BCUT2D eigenvalue weighted by Crippen LogP contribution is -2.34. The van der Waals surface area contributed by atoms with E-state index in [0.29, 0.717) is 12.8 Å². The maximum absolute atomic E-state index is 12.5. The highest BCUT2D eigenvalue weighted by molar-refractivity contribution is 7.47. The Morgan fingerprint density at radius 3 is 1.65 bits per heavy atom. The Morgan fingerprint density at radius 2 is 1.10 bits per heavy atom. The maximum atomic E-state index is 12.5. The molecule has 4 N–H and O–H groups in total. The molecule has 296 valence electrons. The lowest BCUT2D eigenvalue weighted by atomic mass is 10.0. The summed E-state index contributed by atoms with van der Waals surface area (Å²) in [6, 6.07) is -1.52. The molecule has 0 saturated heterocycles. The van der Waals surface area contributed by atoms with E-state index < -0.39 is 51.1 Å². The fraction of sp³-hybridized carbons (Fsp3) is 0.769. The predicted octanol–water partition coefficient (Wildman–Crippen LogP) is 9.67. The summed E-state index contributed by atoms with van der Waals surface area (Å²) in [5.74, 6) is -2.42. The Labute approximate surface area is 308 Å². The van der Waals surface area contributed by atoms with Crippen molar-refractivity contribution in [2.24, 2.45) is 5.73 Å². The van der Waals surface area contributed by atoms with Gasteiger partial charge in [-0.25, -0.2) is 4.57 Å². The van der Waals surface area contributed by atoms with Crippen LogP contribution in [0.1, 0.15) is 162 Å². The quantitative estimate of drug-likeness (QED) is 0.0241. The highest BCUT2D eigenvalue weighted by Crippen LogP contribution is 2.43. The highest BCUT2D eigenvalue weighted by Gasteiger charge is 2.28. The van der Waals surface area contributed by atoms with E-state index in [0.717, 1.165) is 57.8 Å². The van der Waals surface area contributed by atoms with Crippen molar-refractivity contribution in [1.29, 1.82) is 0 Å². The summed E-state index contributed by atoms with van der Waals surface area (Å²) in [7, 11) is -4.72. The van der Waals surface area contributed by atoms with Crippen molar-refractivity contribution < 1.29 is 47.5 Å². The van der Waals surface area contributed by atoms with Crippen LogP contribution in [-0.4, -0.2) is 59.9 Å². The van der Waals surface area contributed by atoms with Crippen LogP contribution in [0.25, 0.3) is 0 Å². The molecule has 12 heteroatoms. The summed E-state index contributed by atoms with van der Waals surface area (Å²) in [6.07, 6.45) is 35.0. The molecule has 0 aromatic rings. The van der Waals surface area contributed by atoms with E-state index in [9.17, 15) is 23.8 Å². The van der Waals surface area contributed by atoms with E-state index >= 15 is 0 Å². The van der Waals surface area contributed by atoms with Crippen LogP contribution in [-0.2, 0) is 37.5 Å². The zero-order valence-electron chi connectivity index (χ0n) is 31.7. The minimum atomic E-state index is -4.72. The van der Waals surface area contributed by atoms with Gasteiger partial charge in [0.2, 0.25) is 0 Å². The van der Waals surface area contributed by atoms with Crippen molar-refractivity contribution in [3.63, 3.8) is 0 Å². The zero-order valence-corrected chi connectivity index (χ0v) is 32.6. The largest absolute Gasteiger partial charge is 0.480 e. The second kappa shape index (κ2) is 34.8. The van der Waals surface area contributed by atoms with Crippen molar-refractivity contribution >= 4 is 25.7 Å². The first-order valence-electron chi connectivity index (χ1n) is 19.5. The van der Waals surface area contributed by atoms with Gasteiger partial charge < -0.3 is 25.2 Å². The van der Waals surface area contributed by atoms with Crippen LogP contribution in [0.15, 0.2) is 36.5 Å². The molecule has 0 aromatic heterocycles. The van der Waals surface area contributed by atoms with E-state index in [1.807, 2.05) is 0 Å². The first-order valence-corrected chi connectivity index (χ1v) is 21.0. The normalized spacial score (nSPS) is 14.3. The number of esters is 2. The topological polar surface area (TPSA) is 172 Å². The SMILES string of the molecule is CC/C=C\C/C=C\C/C=C\CCCCCC(=O)OC(COC(=O)CCCCCCCCCCCCCCCC)COP(=O)(O)OCC(N)C(=O)O. The second-order valence-electron chi connectivity index (χ2n) is 13.0. The number of aliphatic carboxylic acids is 1. The first-order chi connectivity index (χ1) is 24.6. The molecule has 0 heterocycles. The molecule has 0 aliphatic heterocycles. The standard InChI is InChI=1S/C39H70NO10P/c1-3-5-7-9-11-13-15-17-19-20-22-24-26-28-30-37(41)47-32-35(33-48-51(45,46)49-34-36(40)39(43)44)50-38(42)31-29-27-25-23-21-18-16-14-12-10-8-6-4-2/h6,8,12,14,18,21,35-36H,3-5,7,9-11,13,15-17,19-20,22-34,40H2,1-2H3,(H,43,44)(H,45,46)/b8-6-,14-12-,21-18-. The fourth-order valence-electron chi connectivity index (χ4n) is 5.08. The molecule has 11 nitrogen and oxygen atoms in total. The Bertz CT molecular complexity index is 1020. The lowest BCUT2D eigenvalue weighted by molar-refractivity contribution is -0.161. The number of carbonyl (C=O) groups excluding carboxylic acids is 2. The van der Waals surface area contributed by atoms with Crippen LogP contribution in [0, 0.1) is 0 Å². The molecule has 0 rings (SSSR count). The molecule has 0 aliphatic rings. The van der Waals surface area contributed by atoms with Gasteiger partial charge in [-0.1, -0.05) is 140 Å². The summed E-state index contributed by atoms with van der Waals surface area (Å²) in [4.78, 5) is 45.7. The minimum absolute atomic E-state index is 0.127. The molecule has 0 saturated carbocycles. The maximum Gasteiger partial charge on any atom is 0.472 e. The summed E-state index contributed by atoms with van der Waals surface area (Å²) in [6.45, 7) is 2.64. The van der Waals surface area contributed by atoms with Gasteiger partial charge in [-0.05, 0) is 44.9 Å². The van der Waals surface area contributed by atoms with Gasteiger partial charge in [0, 0.05) is 12.8 Å². The number of carboxylic acids is 1. The van der Waals surface area contributed by atoms with Crippen LogP contribution in [0.3, 0.4) is 0 Å². The van der Waals surface area contributed by atoms with Crippen molar-refractivity contribution in [3.8, 4) is 0 Å². The molecular formula is C39H70NO10P.